The molecule has 1 aromatic rings. The minimum Gasteiger partial charge on any atom is -0.376 e. The van der Waals surface area contributed by atoms with E-state index in [1.165, 1.54) is 12.0 Å². The first-order valence-corrected chi connectivity index (χ1v) is 8.08. The smallest absolute Gasteiger partial charge is 0.0717 e. The van der Waals surface area contributed by atoms with E-state index in [1.54, 1.807) is 0 Å². The predicted molar refractivity (Wildman–Crippen MR) is 87.1 cm³/mol. The fourth-order valence-electron chi connectivity index (χ4n) is 3.12. The molecule has 0 amide bonds. The molecule has 116 valence electrons. The van der Waals surface area contributed by atoms with E-state index < -0.39 is 0 Å². The van der Waals surface area contributed by atoms with Gasteiger partial charge in [0, 0.05) is 5.92 Å². The number of rotatable bonds is 7. The molecule has 0 aliphatic carbocycles. The van der Waals surface area contributed by atoms with E-state index in [-0.39, 0.29) is 0 Å². The van der Waals surface area contributed by atoms with Crippen LogP contribution < -0.4 is 0 Å². The van der Waals surface area contributed by atoms with Gasteiger partial charge in [0.25, 0.3) is 0 Å². The van der Waals surface area contributed by atoms with Gasteiger partial charge in [0.15, 0.2) is 0 Å². The summed E-state index contributed by atoms with van der Waals surface area (Å²) in [4.78, 5) is 0. The molecule has 1 aromatic carbocycles. The van der Waals surface area contributed by atoms with Crippen molar-refractivity contribution in [1.82, 2.24) is 0 Å². The summed E-state index contributed by atoms with van der Waals surface area (Å²) in [7, 11) is 0. The van der Waals surface area contributed by atoms with Gasteiger partial charge in [-0.2, -0.15) is 0 Å². The second-order valence-electron chi connectivity index (χ2n) is 6.28. The Kier molecular flexibility index (Phi) is 6.47. The van der Waals surface area contributed by atoms with Gasteiger partial charge in [-0.25, -0.2) is 0 Å². The van der Waals surface area contributed by atoms with Crippen molar-refractivity contribution in [3.63, 3.8) is 0 Å². The summed E-state index contributed by atoms with van der Waals surface area (Å²) in [5, 5.41) is 0. The first-order valence-electron chi connectivity index (χ1n) is 8.08. The van der Waals surface area contributed by atoms with Gasteiger partial charge >= 0.3 is 0 Å². The predicted octanol–water partition coefficient (Wildman–Crippen LogP) is 4.60. The molecule has 2 heteroatoms. The van der Waals surface area contributed by atoms with Gasteiger partial charge in [0.2, 0.25) is 0 Å². The Balaban J connectivity index is 1.78. The molecule has 1 saturated heterocycles. The molecule has 2 nitrogen and oxygen atoms in total. The molecule has 1 heterocycles. The van der Waals surface area contributed by atoms with Crippen LogP contribution in [-0.2, 0) is 16.1 Å². The highest BCUT2D eigenvalue weighted by Crippen LogP contribution is 2.31. The zero-order valence-corrected chi connectivity index (χ0v) is 13.3. The zero-order valence-electron chi connectivity index (χ0n) is 13.3. The van der Waals surface area contributed by atoms with E-state index >= 15 is 0 Å². The normalized spacial score (nSPS) is 27.2. The topological polar surface area (TPSA) is 18.5 Å². The van der Waals surface area contributed by atoms with Crippen LogP contribution in [0.1, 0.15) is 38.7 Å². The maximum atomic E-state index is 6.25. The lowest BCUT2D eigenvalue weighted by atomic mass is 9.86. The minimum absolute atomic E-state index is 0.305. The average Bonchev–Trinajstić information content (AvgIpc) is 2.50. The van der Waals surface area contributed by atoms with E-state index in [2.05, 4.69) is 32.6 Å². The highest BCUT2D eigenvalue weighted by atomic mass is 16.5. The van der Waals surface area contributed by atoms with Gasteiger partial charge in [-0.05, 0) is 30.7 Å². The van der Waals surface area contributed by atoms with Crippen molar-refractivity contribution in [2.75, 3.05) is 6.61 Å². The number of hydrogen-bond donors (Lipinski definition) is 0. The SMILES string of the molecule is C=CC[C@@H]1CC[C@@H](C)[C@@H]([C@H](C)COCc2ccccc2)O1. The standard InChI is InChI=1S/C19H28O2/c1-4-8-18-12-11-15(2)19(21-18)16(3)13-20-14-17-9-6-5-7-10-17/h4-7,9-10,15-16,18-19H,1,8,11-14H2,2-3H3/t15-,16-,18-,19+/m1/s1. The summed E-state index contributed by atoms with van der Waals surface area (Å²) >= 11 is 0. The number of ether oxygens (including phenoxy) is 2. The van der Waals surface area contributed by atoms with Gasteiger partial charge in [-0.3, -0.25) is 0 Å². The molecule has 0 radical (unpaired) electrons. The quantitative estimate of drug-likeness (QED) is 0.683. The Labute approximate surface area is 129 Å². The van der Waals surface area contributed by atoms with Crippen molar-refractivity contribution in [3.05, 3.63) is 48.6 Å². The Hall–Kier alpha value is -1.12. The molecule has 2 rings (SSSR count). The third-order valence-electron chi connectivity index (χ3n) is 4.34. The van der Waals surface area contributed by atoms with Crippen molar-refractivity contribution in [3.8, 4) is 0 Å². The van der Waals surface area contributed by atoms with Gasteiger partial charge in [-0.1, -0.05) is 50.3 Å². The van der Waals surface area contributed by atoms with Gasteiger partial charge < -0.3 is 9.47 Å². The third-order valence-corrected chi connectivity index (χ3v) is 4.34. The lowest BCUT2D eigenvalue weighted by molar-refractivity contribution is -0.114. The van der Waals surface area contributed by atoms with Crippen molar-refractivity contribution in [1.29, 1.82) is 0 Å². The molecule has 1 aliphatic rings. The second-order valence-corrected chi connectivity index (χ2v) is 6.28. The molecule has 0 bridgehead atoms. The molecule has 0 N–H and O–H groups in total. The van der Waals surface area contributed by atoms with Gasteiger partial charge in [-0.15, -0.1) is 6.58 Å². The Morgan fingerprint density at radius 2 is 2.10 bits per heavy atom. The number of benzene rings is 1. The maximum absolute atomic E-state index is 6.25. The Morgan fingerprint density at radius 3 is 2.81 bits per heavy atom. The molecule has 1 aliphatic heterocycles. The second kappa shape index (κ2) is 8.35. The lowest BCUT2D eigenvalue weighted by Crippen LogP contribution is -2.39. The van der Waals surface area contributed by atoms with E-state index in [0.717, 1.165) is 19.4 Å². The molecular formula is C19H28O2. The lowest BCUT2D eigenvalue weighted by Gasteiger charge is -2.38. The van der Waals surface area contributed by atoms with Crippen molar-refractivity contribution < 1.29 is 9.47 Å². The fraction of sp³-hybridized carbons (Fsp3) is 0.579. The molecule has 1 fully saturated rings. The summed E-state index contributed by atoms with van der Waals surface area (Å²) in [6, 6.07) is 10.3. The van der Waals surface area contributed by atoms with Crippen LogP contribution in [0.2, 0.25) is 0 Å². The van der Waals surface area contributed by atoms with Crippen LogP contribution in [0.4, 0.5) is 0 Å². The molecule has 0 aromatic heterocycles. The summed E-state index contributed by atoms with van der Waals surface area (Å²) < 4.78 is 12.1. The Bertz CT molecular complexity index is 415. The summed E-state index contributed by atoms with van der Waals surface area (Å²) in [5.74, 6) is 1.04. The van der Waals surface area contributed by atoms with E-state index in [1.807, 2.05) is 24.3 Å². The van der Waals surface area contributed by atoms with Crippen molar-refractivity contribution in [2.45, 2.75) is 51.9 Å². The van der Waals surface area contributed by atoms with Crippen LogP contribution in [-0.4, -0.2) is 18.8 Å². The van der Waals surface area contributed by atoms with Crippen LogP contribution >= 0.6 is 0 Å². The molecule has 21 heavy (non-hydrogen) atoms. The monoisotopic (exact) mass is 288 g/mol. The summed E-state index contributed by atoms with van der Waals surface area (Å²) in [6.07, 6.45) is 5.97. The summed E-state index contributed by atoms with van der Waals surface area (Å²) in [6.45, 7) is 9.79. The van der Waals surface area contributed by atoms with Crippen LogP contribution in [0, 0.1) is 11.8 Å². The van der Waals surface area contributed by atoms with Crippen molar-refractivity contribution in [2.24, 2.45) is 11.8 Å². The highest BCUT2D eigenvalue weighted by molar-refractivity contribution is 5.13. The Morgan fingerprint density at radius 1 is 1.33 bits per heavy atom. The van der Waals surface area contributed by atoms with E-state index in [0.29, 0.717) is 30.7 Å². The first-order chi connectivity index (χ1) is 10.2. The van der Waals surface area contributed by atoms with Crippen LogP contribution in [0.3, 0.4) is 0 Å². The van der Waals surface area contributed by atoms with Gasteiger partial charge in [0.1, 0.15) is 0 Å². The van der Waals surface area contributed by atoms with E-state index in [9.17, 15) is 0 Å². The third kappa shape index (κ3) is 4.98. The minimum atomic E-state index is 0.305. The van der Waals surface area contributed by atoms with Crippen LogP contribution in [0.5, 0.6) is 0 Å². The molecule has 4 atom stereocenters. The molecule has 0 spiro atoms. The summed E-state index contributed by atoms with van der Waals surface area (Å²) in [5.41, 5.74) is 1.23. The zero-order chi connectivity index (χ0) is 15.1. The molecular weight excluding hydrogens is 260 g/mol. The van der Waals surface area contributed by atoms with Crippen LogP contribution in [0.25, 0.3) is 0 Å². The fourth-order valence-corrected chi connectivity index (χ4v) is 3.12. The van der Waals surface area contributed by atoms with Crippen molar-refractivity contribution >= 4 is 0 Å². The van der Waals surface area contributed by atoms with Crippen LogP contribution in [0.15, 0.2) is 43.0 Å². The largest absolute Gasteiger partial charge is 0.376 e. The van der Waals surface area contributed by atoms with E-state index in [4.69, 9.17) is 9.47 Å². The number of hydrogen-bond acceptors (Lipinski definition) is 2. The highest BCUT2D eigenvalue weighted by Gasteiger charge is 2.31. The van der Waals surface area contributed by atoms with Gasteiger partial charge in [0.05, 0.1) is 25.4 Å². The molecule has 0 saturated carbocycles. The average molecular weight is 288 g/mol. The maximum Gasteiger partial charge on any atom is 0.0717 e. The first kappa shape index (κ1) is 16.3. The molecule has 0 unspecified atom stereocenters.